The van der Waals surface area contributed by atoms with E-state index in [1.165, 1.54) is 0 Å². The maximum absolute atomic E-state index is 12.2. The molecule has 0 spiro atoms. The highest BCUT2D eigenvalue weighted by Crippen LogP contribution is 2.27. The molecule has 1 heterocycles. The Balaban J connectivity index is 1.40. The maximum atomic E-state index is 12.2. The third kappa shape index (κ3) is 5.04. The van der Waals surface area contributed by atoms with Gasteiger partial charge in [-0.05, 0) is 53.2 Å². The molecule has 1 aliphatic heterocycles. The Labute approximate surface area is 178 Å². The molecule has 5 nitrogen and oxygen atoms in total. The summed E-state index contributed by atoms with van der Waals surface area (Å²) in [7, 11) is 0. The van der Waals surface area contributed by atoms with E-state index in [2.05, 4.69) is 10.3 Å². The number of benzene rings is 3. The molecule has 0 unspecified atom stereocenters. The van der Waals surface area contributed by atoms with Crippen molar-refractivity contribution in [2.24, 2.45) is 4.99 Å². The zero-order valence-corrected chi connectivity index (χ0v) is 16.8. The van der Waals surface area contributed by atoms with Crippen LogP contribution in [0.25, 0.3) is 6.08 Å². The molecule has 30 heavy (non-hydrogen) atoms. The fraction of sp³-hybridized carbons (Fsp3) is 0.0417. The number of hydrogen-bond acceptors (Lipinski definition) is 4. The monoisotopic (exact) mass is 414 g/mol. The number of nitrogens with one attached hydrogen (secondary N) is 1. The molecule has 6 heteroatoms. The van der Waals surface area contributed by atoms with Crippen molar-refractivity contribution >= 4 is 34.8 Å². The molecule has 148 valence electrons. The summed E-state index contributed by atoms with van der Waals surface area (Å²) in [5, 5.41) is 2.92. The van der Waals surface area contributed by atoms with E-state index in [9.17, 15) is 9.59 Å². The third-order valence-electron chi connectivity index (χ3n) is 4.30. The van der Waals surface area contributed by atoms with E-state index in [0.29, 0.717) is 17.1 Å². The lowest BCUT2D eigenvalue weighted by molar-refractivity contribution is -0.115. The zero-order chi connectivity index (χ0) is 20.8. The largest absolute Gasteiger partial charge is 0.489 e. The van der Waals surface area contributed by atoms with Crippen LogP contribution in [-0.4, -0.2) is 17.0 Å². The Hall–Kier alpha value is -3.64. The second kappa shape index (κ2) is 9.24. The van der Waals surface area contributed by atoms with Gasteiger partial charge < -0.3 is 10.1 Å². The van der Waals surface area contributed by atoms with Crippen molar-refractivity contribution < 1.29 is 14.3 Å². The van der Waals surface area contributed by atoms with Crippen molar-refractivity contribution in [3.8, 4) is 5.75 Å². The van der Waals surface area contributed by atoms with Crippen LogP contribution in [0.15, 0.2) is 94.8 Å². The van der Waals surface area contributed by atoms with E-state index in [-0.39, 0.29) is 17.0 Å². The highest BCUT2D eigenvalue weighted by molar-refractivity contribution is 8.18. The van der Waals surface area contributed by atoms with Crippen LogP contribution < -0.4 is 10.1 Å². The third-order valence-corrected chi connectivity index (χ3v) is 5.21. The number of amidine groups is 1. The second-order valence-corrected chi connectivity index (χ2v) is 7.53. The topological polar surface area (TPSA) is 67.8 Å². The molecule has 0 aliphatic carbocycles. The van der Waals surface area contributed by atoms with Gasteiger partial charge in [0.05, 0.1) is 4.91 Å². The normalized spacial score (nSPS) is 15.9. The van der Waals surface area contributed by atoms with Gasteiger partial charge in [0.2, 0.25) is 0 Å². The van der Waals surface area contributed by atoms with Crippen molar-refractivity contribution in [1.82, 2.24) is 5.32 Å². The fourth-order valence-electron chi connectivity index (χ4n) is 2.77. The van der Waals surface area contributed by atoms with Gasteiger partial charge in [0, 0.05) is 5.56 Å². The van der Waals surface area contributed by atoms with Gasteiger partial charge in [-0.15, -0.1) is 0 Å². The summed E-state index contributed by atoms with van der Waals surface area (Å²) < 4.78 is 5.78. The summed E-state index contributed by atoms with van der Waals surface area (Å²) in [5.41, 5.74) is 2.43. The van der Waals surface area contributed by atoms with Crippen LogP contribution >= 0.6 is 11.8 Å². The number of ether oxygens (including phenoxy) is 1. The number of hydrogen-bond donors (Lipinski definition) is 1. The van der Waals surface area contributed by atoms with Crippen molar-refractivity contribution in [2.75, 3.05) is 0 Å². The van der Waals surface area contributed by atoms with Gasteiger partial charge in [0.25, 0.3) is 11.8 Å². The summed E-state index contributed by atoms with van der Waals surface area (Å²) in [4.78, 5) is 28.9. The zero-order valence-electron chi connectivity index (χ0n) is 15.9. The number of carbonyl (C=O) groups excluding carboxylic acids is 2. The quantitative estimate of drug-likeness (QED) is 0.617. The average Bonchev–Trinajstić information content (AvgIpc) is 3.13. The SMILES string of the molecule is O=C1NC(=NC(=O)c2ccccc2)S/C1=C\c1ccc(OCc2ccccc2)cc1. The minimum Gasteiger partial charge on any atom is -0.489 e. The number of nitrogens with zero attached hydrogens (tertiary/aromatic N) is 1. The first-order valence-corrected chi connectivity index (χ1v) is 10.1. The average molecular weight is 414 g/mol. The maximum Gasteiger partial charge on any atom is 0.279 e. The summed E-state index contributed by atoms with van der Waals surface area (Å²) in [6, 6.07) is 26.2. The summed E-state index contributed by atoms with van der Waals surface area (Å²) >= 11 is 1.15. The predicted octanol–water partition coefficient (Wildman–Crippen LogP) is 4.67. The fourth-order valence-corrected chi connectivity index (χ4v) is 3.59. The predicted molar refractivity (Wildman–Crippen MR) is 119 cm³/mol. The van der Waals surface area contributed by atoms with Crippen LogP contribution in [0.2, 0.25) is 0 Å². The van der Waals surface area contributed by atoms with E-state index in [4.69, 9.17) is 4.74 Å². The molecule has 3 aromatic carbocycles. The Morgan fingerprint density at radius 3 is 2.30 bits per heavy atom. The van der Waals surface area contributed by atoms with Crippen LogP contribution in [-0.2, 0) is 11.4 Å². The van der Waals surface area contributed by atoms with Crippen molar-refractivity contribution in [1.29, 1.82) is 0 Å². The molecular weight excluding hydrogens is 396 g/mol. The van der Waals surface area contributed by atoms with Gasteiger partial charge in [-0.25, -0.2) is 0 Å². The van der Waals surface area contributed by atoms with E-state index in [0.717, 1.165) is 28.6 Å². The molecule has 4 rings (SSSR count). The highest BCUT2D eigenvalue weighted by Gasteiger charge is 2.24. The van der Waals surface area contributed by atoms with Crippen molar-refractivity contribution in [3.05, 3.63) is 107 Å². The van der Waals surface area contributed by atoms with Crippen LogP contribution in [0.4, 0.5) is 0 Å². The molecule has 0 radical (unpaired) electrons. The number of thioether (sulfide) groups is 1. The number of rotatable bonds is 5. The molecule has 1 aliphatic rings. The summed E-state index contributed by atoms with van der Waals surface area (Å²) in [5.74, 6) is 0.0869. The van der Waals surface area contributed by atoms with Crippen LogP contribution in [0, 0.1) is 0 Å². The molecule has 0 atom stereocenters. The van der Waals surface area contributed by atoms with E-state index < -0.39 is 0 Å². The lowest BCUT2D eigenvalue weighted by atomic mass is 10.2. The van der Waals surface area contributed by atoms with Crippen LogP contribution in [0.3, 0.4) is 0 Å². The molecule has 1 fully saturated rings. The van der Waals surface area contributed by atoms with Gasteiger partial charge in [-0.1, -0.05) is 60.7 Å². The number of amides is 2. The van der Waals surface area contributed by atoms with Crippen molar-refractivity contribution in [3.63, 3.8) is 0 Å². The van der Waals surface area contributed by atoms with Crippen LogP contribution in [0.5, 0.6) is 5.75 Å². The first-order chi connectivity index (χ1) is 14.7. The molecule has 0 aromatic heterocycles. The van der Waals surface area contributed by atoms with E-state index in [1.54, 1.807) is 30.3 Å². The number of aliphatic imine (C=N–C) groups is 1. The van der Waals surface area contributed by atoms with Gasteiger partial charge >= 0.3 is 0 Å². The molecular formula is C24H18N2O3S. The Bertz CT molecular complexity index is 1110. The highest BCUT2D eigenvalue weighted by atomic mass is 32.2. The minimum absolute atomic E-state index is 0.274. The van der Waals surface area contributed by atoms with Gasteiger partial charge in [-0.3, -0.25) is 9.59 Å². The first-order valence-electron chi connectivity index (χ1n) is 9.33. The smallest absolute Gasteiger partial charge is 0.279 e. The standard InChI is InChI=1S/C24H18N2O3S/c27-22(19-9-5-2-6-10-19)25-24-26-23(28)21(30-24)15-17-11-13-20(14-12-17)29-16-18-7-3-1-4-8-18/h1-15H,16H2,(H,25,26,27,28)/b21-15-. The molecule has 3 aromatic rings. The molecule has 0 bridgehead atoms. The van der Waals surface area contributed by atoms with Gasteiger partial charge in [-0.2, -0.15) is 4.99 Å². The van der Waals surface area contributed by atoms with Crippen LogP contribution in [0.1, 0.15) is 21.5 Å². The summed E-state index contributed by atoms with van der Waals surface area (Å²) in [6.45, 7) is 0.495. The lowest BCUT2D eigenvalue weighted by Gasteiger charge is -2.06. The second-order valence-electron chi connectivity index (χ2n) is 6.50. The van der Waals surface area contributed by atoms with E-state index in [1.807, 2.05) is 60.7 Å². The molecule has 2 amide bonds. The first kappa shape index (κ1) is 19.7. The van der Waals surface area contributed by atoms with Crippen molar-refractivity contribution in [2.45, 2.75) is 6.61 Å². The van der Waals surface area contributed by atoms with Gasteiger partial charge in [0.1, 0.15) is 12.4 Å². The minimum atomic E-state index is -0.389. The molecule has 1 N–H and O–H groups in total. The summed E-state index contributed by atoms with van der Waals surface area (Å²) in [6.07, 6.45) is 1.76. The van der Waals surface area contributed by atoms with Gasteiger partial charge in [0.15, 0.2) is 5.17 Å². The Morgan fingerprint density at radius 2 is 1.60 bits per heavy atom. The number of carbonyl (C=O) groups is 2. The Kier molecular flexibility index (Phi) is 6.06. The lowest BCUT2D eigenvalue weighted by Crippen LogP contribution is -2.20. The Morgan fingerprint density at radius 1 is 0.933 bits per heavy atom. The van der Waals surface area contributed by atoms with E-state index >= 15 is 0 Å². The molecule has 0 saturated carbocycles. The molecule has 1 saturated heterocycles.